The summed E-state index contributed by atoms with van der Waals surface area (Å²) in [5.74, 6) is -0.986. The van der Waals surface area contributed by atoms with Gasteiger partial charge in [0.2, 0.25) is 0 Å². The van der Waals surface area contributed by atoms with Gasteiger partial charge in [0.1, 0.15) is 4.32 Å². The summed E-state index contributed by atoms with van der Waals surface area (Å²) < 4.78 is 5.56. The van der Waals surface area contributed by atoms with Crippen molar-refractivity contribution < 1.29 is 19.2 Å². The van der Waals surface area contributed by atoms with Gasteiger partial charge in [-0.2, -0.15) is 0 Å². The van der Waals surface area contributed by atoms with Crippen molar-refractivity contribution in [1.82, 2.24) is 4.90 Å². The fourth-order valence-corrected chi connectivity index (χ4v) is 3.21. The quantitative estimate of drug-likeness (QED) is 0.345. The van der Waals surface area contributed by atoms with Gasteiger partial charge in [-0.1, -0.05) is 24.0 Å². The molecule has 0 bridgehead atoms. The largest absolute Gasteiger partial charge is 0.455 e. The molecule has 0 radical (unpaired) electrons. The number of nitro benzene ring substituents is 1. The molecule has 1 saturated heterocycles. The van der Waals surface area contributed by atoms with Crippen LogP contribution in [0.5, 0.6) is 0 Å². The van der Waals surface area contributed by atoms with Gasteiger partial charge >= 0.3 is 5.97 Å². The summed E-state index contributed by atoms with van der Waals surface area (Å²) in [5.41, 5.74) is 0.312. The first kappa shape index (κ1) is 19.1. The van der Waals surface area contributed by atoms with Crippen LogP contribution in [0.3, 0.4) is 0 Å². The lowest BCUT2D eigenvalue weighted by molar-refractivity contribution is -0.384. The molecule has 0 unspecified atom stereocenters. The second-order valence-electron chi connectivity index (χ2n) is 5.26. The Hall–Kier alpha value is -2.20. The van der Waals surface area contributed by atoms with Gasteiger partial charge in [-0.05, 0) is 25.0 Å². The third-order valence-electron chi connectivity index (χ3n) is 3.40. The van der Waals surface area contributed by atoms with Gasteiger partial charge in [0.25, 0.3) is 11.6 Å². The molecule has 1 heterocycles. The Bertz CT molecular complexity index is 660. The van der Waals surface area contributed by atoms with Crippen molar-refractivity contribution in [2.75, 3.05) is 30.8 Å². The first-order chi connectivity index (χ1) is 12.0. The number of thiocarbonyl (C=S) groups is 1. The number of amides is 1. The molecule has 0 aliphatic carbocycles. The number of anilines is 1. The van der Waals surface area contributed by atoms with Crippen LogP contribution in [-0.2, 0) is 14.3 Å². The molecule has 1 N–H and O–H groups in total. The van der Waals surface area contributed by atoms with Gasteiger partial charge in [-0.25, -0.2) is 0 Å². The van der Waals surface area contributed by atoms with Crippen LogP contribution in [0.25, 0.3) is 0 Å². The number of carbonyl (C=O) groups excluding carboxylic acids is 2. The van der Waals surface area contributed by atoms with Crippen molar-refractivity contribution in [3.05, 3.63) is 34.4 Å². The molecule has 1 aromatic rings. The van der Waals surface area contributed by atoms with E-state index in [2.05, 4.69) is 10.2 Å². The van der Waals surface area contributed by atoms with E-state index < -0.39 is 23.4 Å². The number of hydrogen-bond donors (Lipinski definition) is 1. The number of thioether (sulfide) groups is 1. The van der Waals surface area contributed by atoms with E-state index >= 15 is 0 Å². The van der Waals surface area contributed by atoms with E-state index in [0.29, 0.717) is 10.0 Å². The number of carbonyl (C=O) groups is 2. The fourth-order valence-electron chi connectivity index (χ4n) is 2.16. The minimum Gasteiger partial charge on any atom is -0.455 e. The van der Waals surface area contributed by atoms with E-state index in [1.165, 1.54) is 36.0 Å². The summed E-state index contributed by atoms with van der Waals surface area (Å²) in [6.45, 7) is 1.41. The predicted octanol–water partition coefficient (Wildman–Crippen LogP) is 2.19. The fraction of sp³-hybridized carbons (Fsp3) is 0.400. The van der Waals surface area contributed by atoms with Crippen LogP contribution in [0.15, 0.2) is 24.3 Å². The number of nitro groups is 1. The number of ether oxygens (including phenoxy) is 1. The number of benzene rings is 1. The number of hydrogen-bond acceptors (Lipinski definition) is 7. The predicted molar refractivity (Wildman–Crippen MR) is 98.5 cm³/mol. The Balaban J connectivity index is 1.67. The molecule has 1 aliphatic heterocycles. The maximum Gasteiger partial charge on any atom is 0.316 e. The summed E-state index contributed by atoms with van der Waals surface area (Å²) in [6, 6.07) is 5.36. The first-order valence-electron chi connectivity index (χ1n) is 7.57. The lowest BCUT2D eigenvalue weighted by Crippen LogP contribution is -2.25. The number of nitrogens with one attached hydrogen (secondary N) is 1. The van der Waals surface area contributed by atoms with Gasteiger partial charge in [0, 0.05) is 30.9 Å². The van der Waals surface area contributed by atoms with Crippen molar-refractivity contribution in [3.8, 4) is 0 Å². The molecule has 1 amide bonds. The minimum absolute atomic E-state index is 0.0557. The minimum atomic E-state index is -0.530. The SMILES string of the molecule is O=C(COC(=O)CSC(=S)N1CCCC1)Nc1ccc([N+](=O)[O-])cc1. The summed E-state index contributed by atoms with van der Waals surface area (Å²) in [4.78, 5) is 35.5. The highest BCUT2D eigenvalue weighted by Gasteiger charge is 2.17. The zero-order chi connectivity index (χ0) is 18.2. The van der Waals surface area contributed by atoms with Gasteiger partial charge < -0.3 is 15.0 Å². The van der Waals surface area contributed by atoms with Crippen molar-refractivity contribution >= 4 is 51.6 Å². The zero-order valence-corrected chi connectivity index (χ0v) is 14.9. The van der Waals surface area contributed by atoms with Gasteiger partial charge in [0.15, 0.2) is 6.61 Å². The molecule has 0 aromatic heterocycles. The second kappa shape index (κ2) is 9.33. The molecule has 0 saturated carbocycles. The van der Waals surface area contributed by atoms with Crippen molar-refractivity contribution in [1.29, 1.82) is 0 Å². The maximum atomic E-state index is 11.7. The van der Waals surface area contributed by atoms with Crippen molar-refractivity contribution in [3.63, 3.8) is 0 Å². The molecule has 1 aliphatic rings. The van der Waals surface area contributed by atoms with E-state index in [4.69, 9.17) is 17.0 Å². The number of nitrogens with zero attached hydrogens (tertiary/aromatic N) is 2. The van der Waals surface area contributed by atoms with E-state index in [-0.39, 0.29) is 11.4 Å². The zero-order valence-electron chi connectivity index (χ0n) is 13.3. The monoisotopic (exact) mass is 383 g/mol. The maximum absolute atomic E-state index is 11.7. The van der Waals surface area contributed by atoms with E-state index in [1.54, 1.807) is 0 Å². The molecule has 1 aromatic carbocycles. The molecule has 8 nitrogen and oxygen atoms in total. The van der Waals surface area contributed by atoms with Crippen LogP contribution in [0.1, 0.15) is 12.8 Å². The standard InChI is InChI=1S/C15H17N3O5S2/c19-13(16-11-3-5-12(6-4-11)18(21)22)9-23-14(20)10-25-15(24)17-7-1-2-8-17/h3-6H,1-2,7-10H2,(H,16,19). The van der Waals surface area contributed by atoms with Crippen LogP contribution >= 0.6 is 24.0 Å². The summed E-state index contributed by atoms with van der Waals surface area (Å²) >= 11 is 6.47. The third-order valence-corrected chi connectivity index (χ3v) is 4.90. The smallest absolute Gasteiger partial charge is 0.316 e. The molecule has 25 heavy (non-hydrogen) atoms. The molecular weight excluding hydrogens is 366 g/mol. The Morgan fingerprint density at radius 3 is 2.52 bits per heavy atom. The molecule has 0 atom stereocenters. The van der Waals surface area contributed by atoms with Crippen LogP contribution in [0, 0.1) is 10.1 Å². The van der Waals surface area contributed by atoms with E-state index in [0.717, 1.165) is 25.9 Å². The average Bonchev–Trinajstić information content (AvgIpc) is 3.13. The van der Waals surface area contributed by atoms with E-state index in [9.17, 15) is 19.7 Å². The lowest BCUT2D eigenvalue weighted by atomic mass is 10.3. The first-order valence-corrected chi connectivity index (χ1v) is 8.97. The average molecular weight is 383 g/mol. The molecule has 134 valence electrons. The highest BCUT2D eigenvalue weighted by Crippen LogP contribution is 2.17. The number of non-ortho nitro benzene ring substituents is 1. The Kier molecular flexibility index (Phi) is 7.14. The molecule has 1 fully saturated rings. The number of likely N-dealkylation sites (tertiary alicyclic amines) is 1. The van der Waals surface area contributed by atoms with E-state index in [1.807, 2.05) is 0 Å². The lowest BCUT2D eigenvalue weighted by Gasteiger charge is -2.17. The third kappa shape index (κ3) is 6.31. The molecule has 10 heteroatoms. The molecular formula is C15H17N3O5S2. The Labute approximate surface area is 154 Å². The highest BCUT2D eigenvalue weighted by atomic mass is 32.2. The van der Waals surface area contributed by atoms with Crippen molar-refractivity contribution in [2.24, 2.45) is 0 Å². The number of rotatable bonds is 6. The normalized spacial score (nSPS) is 13.4. The van der Waals surface area contributed by atoms with Gasteiger partial charge in [-0.3, -0.25) is 19.7 Å². The summed E-state index contributed by atoms with van der Waals surface area (Å²) in [5, 5.41) is 13.0. The number of esters is 1. The highest BCUT2D eigenvalue weighted by molar-refractivity contribution is 8.23. The second-order valence-corrected chi connectivity index (χ2v) is 6.87. The summed E-state index contributed by atoms with van der Waals surface area (Å²) in [6.07, 6.45) is 2.21. The van der Waals surface area contributed by atoms with Crippen LogP contribution < -0.4 is 5.32 Å². The summed E-state index contributed by atoms with van der Waals surface area (Å²) in [7, 11) is 0. The van der Waals surface area contributed by atoms with Gasteiger partial charge in [-0.15, -0.1) is 0 Å². The van der Waals surface area contributed by atoms with Crippen LogP contribution in [-0.4, -0.2) is 51.5 Å². The topological polar surface area (TPSA) is 102 Å². The van der Waals surface area contributed by atoms with Crippen molar-refractivity contribution in [2.45, 2.75) is 12.8 Å². The van der Waals surface area contributed by atoms with Gasteiger partial charge in [0.05, 0.1) is 10.7 Å². The van der Waals surface area contributed by atoms with Crippen LogP contribution in [0.2, 0.25) is 0 Å². The Morgan fingerprint density at radius 2 is 1.92 bits per heavy atom. The molecule has 0 spiro atoms. The van der Waals surface area contributed by atoms with Crippen LogP contribution in [0.4, 0.5) is 11.4 Å². The molecule has 2 rings (SSSR count). The Morgan fingerprint density at radius 1 is 1.28 bits per heavy atom.